The van der Waals surface area contributed by atoms with Crippen molar-refractivity contribution < 1.29 is 4.74 Å². The number of halogens is 1. The molecule has 1 N–H and O–H groups in total. The van der Waals surface area contributed by atoms with E-state index in [4.69, 9.17) is 4.74 Å². The van der Waals surface area contributed by atoms with E-state index < -0.39 is 0 Å². The number of ether oxygens (including phenoxy) is 1. The monoisotopic (exact) mass is 241 g/mol. The predicted octanol–water partition coefficient (Wildman–Crippen LogP) is 1.89. The Bertz CT molecular complexity index is 287. The second-order valence-corrected chi connectivity index (χ2v) is 4.22. The van der Waals surface area contributed by atoms with Crippen LogP contribution < -0.4 is 5.32 Å². The van der Waals surface area contributed by atoms with Gasteiger partial charge in [-0.1, -0.05) is 28.1 Å². The molecule has 0 aromatic heterocycles. The normalized spacial score (nSPS) is 19.5. The number of methoxy groups -OCH3 is 1. The molecule has 0 saturated carbocycles. The SMILES string of the molecule is COC1(c2ccc(Br)cc2)CNC1. The lowest BCUT2D eigenvalue weighted by atomic mass is 9.88. The van der Waals surface area contributed by atoms with Crippen molar-refractivity contribution in [3.05, 3.63) is 34.3 Å². The lowest BCUT2D eigenvalue weighted by molar-refractivity contribution is -0.0565. The van der Waals surface area contributed by atoms with Crippen LogP contribution >= 0.6 is 15.9 Å². The Hall–Kier alpha value is -0.380. The van der Waals surface area contributed by atoms with Crippen molar-refractivity contribution >= 4 is 15.9 Å². The van der Waals surface area contributed by atoms with Crippen molar-refractivity contribution in [2.75, 3.05) is 20.2 Å². The smallest absolute Gasteiger partial charge is 0.117 e. The predicted molar refractivity (Wildman–Crippen MR) is 55.7 cm³/mol. The Balaban J connectivity index is 2.28. The first kappa shape index (κ1) is 9.19. The van der Waals surface area contributed by atoms with Gasteiger partial charge < -0.3 is 10.1 Å². The molecule has 0 spiro atoms. The van der Waals surface area contributed by atoms with E-state index in [1.807, 2.05) is 0 Å². The Kier molecular flexibility index (Phi) is 2.41. The number of hydrogen-bond donors (Lipinski definition) is 1. The van der Waals surface area contributed by atoms with Gasteiger partial charge in [-0.05, 0) is 17.7 Å². The van der Waals surface area contributed by atoms with Crippen molar-refractivity contribution in [2.45, 2.75) is 5.60 Å². The fraction of sp³-hybridized carbons (Fsp3) is 0.400. The molecule has 1 aromatic rings. The standard InChI is InChI=1S/C10H12BrNO/c1-13-10(6-12-7-10)8-2-4-9(11)5-3-8/h2-5,12H,6-7H2,1H3. The van der Waals surface area contributed by atoms with Crippen LogP contribution in [0.5, 0.6) is 0 Å². The summed E-state index contributed by atoms with van der Waals surface area (Å²) in [5.74, 6) is 0. The van der Waals surface area contributed by atoms with Crippen molar-refractivity contribution in [1.29, 1.82) is 0 Å². The van der Waals surface area contributed by atoms with E-state index in [0.29, 0.717) is 0 Å². The van der Waals surface area contributed by atoms with Crippen molar-refractivity contribution in [1.82, 2.24) is 5.32 Å². The molecule has 1 aliphatic heterocycles. The van der Waals surface area contributed by atoms with Crippen LogP contribution in [0.4, 0.5) is 0 Å². The van der Waals surface area contributed by atoms with E-state index in [0.717, 1.165) is 17.6 Å². The lowest BCUT2D eigenvalue weighted by Gasteiger charge is -2.41. The molecular formula is C10H12BrNO. The largest absolute Gasteiger partial charge is 0.371 e. The zero-order chi connectivity index (χ0) is 9.31. The molecular weight excluding hydrogens is 230 g/mol. The fourth-order valence-corrected chi connectivity index (χ4v) is 1.84. The molecule has 1 fully saturated rings. The summed E-state index contributed by atoms with van der Waals surface area (Å²) < 4.78 is 6.63. The zero-order valence-electron chi connectivity index (χ0n) is 7.51. The molecule has 2 rings (SSSR count). The Morgan fingerprint density at radius 1 is 1.31 bits per heavy atom. The van der Waals surface area contributed by atoms with Gasteiger partial charge in [-0.2, -0.15) is 0 Å². The number of benzene rings is 1. The molecule has 70 valence electrons. The second kappa shape index (κ2) is 3.40. The van der Waals surface area contributed by atoms with Crippen molar-refractivity contribution in [2.24, 2.45) is 0 Å². The van der Waals surface area contributed by atoms with Gasteiger partial charge >= 0.3 is 0 Å². The molecule has 0 aliphatic carbocycles. The maximum atomic E-state index is 5.52. The molecule has 1 aromatic carbocycles. The second-order valence-electron chi connectivity index (χ2n) is 3.31. The summed E-state index contributed by atoms with van der Waals surface area (Å²) in [5, 5.41) is 3.23. The van der Waals surface area contributed by atoms with Gasteiger partial charge in [0.2, 0.25) is 0 Å². The molecule has 0 radical (unpaired) electrons. The van der Waals surface area contributed by atoms with Crippen LogP contribution in [0.25, 0.3) is 0 Å². The molecule has 0 unspecified atom stereocenters. The van der Waals surface area contributed by atoms with Crippen molar-refractivity contribution in [3.8, 4) is 0 Å². The van der Waals surface area contributed by atoms with Gasteiger partial charge in [-0.15, -0.1) is 0 Å². The van der Waals surface area contributed by atoms with E-state index in [-0.39, 0.29) is 5.60 Å². The molecule has 1 aliphatic rings. The van der Waals surface area contributed by atoms with Gasteiger partial charge in [0, 0.05) is 24.7 Å². The highest BCUT2D eigenvalue weighted by atomic mass is 79.9. The number of nitrogens with one attached hydrogen (secondary N) is 1. The van der Waals surface area contributed by atoms with Gasteiger partial charge in [0.1, 0.15) is 5.60 Å². The molecule has 1 heterocycles. The summed E-state index contributed by atoms with van der Waals surface area (Å²) in [4.78, 5) is 0. The highest BCUT2D eigenvalue weighted by molar-refractivity contribution is 9.10. The first-order valence-corrected chi connectivity index (χ1v) is 5.08. The minimum Gasteiger partial charge on any atom is -0.371 e. The quantitative estimate of drug-likeness (QED) is 0.855. The molecule has 13 heavy (non-hydrogen) atoms. The fourth-order valence-electron chi connectivity index (χ4n) is 1.57. The van der Waals surface area contributed by atoms with Crippen LogP contribution in [0.2, 0.25) is 0 Å². The zero-order valence-corrected chi connectivity index (χ0v) is 9.10. The average Bonchev–Trinajstić information content (AvgIpc) is 2.07. The molecule has 1 saturated heterocycles. The van der Waals surface area contributed by atoms with Gasteiger partial charge in [0.05, 0.1) is 0 Å². The minimum absolute atomic E-state index is 0.0826. The van der Waals surface area contributed by atoms with Crippen LogP contribution in [-0.4, -0.2) is 20.2 Å². The number of hydrogen-bond acceptors (Lipinski definition) is 2. The summed E-state index contributed by atoms with van der Waals surface area (Å²) in [7, 11) is 1.77. The van der Waals surface area contributed by atoms with Gasteiger partial charge in [0.15, 0.2) is 0 Å². The van der Waals surface area contributed by atoms with Gasteiger partial charge in [-0.25, -0.2) is 0 Å². The third kappa shape index (κ3) is 1.52. The highest BCUT2D eigenvalue weighted by Gasteiger charge is 2.38. The molecule has 3 heteroatoms. The van der Waals surface area contributed by atoms with Gasteiger partial charge in [0.25, 0.3) is 0 Å². The van der Waals surface area contributed by atoms with Crippen LogP contribution in [0.1, 0.15) is 5.56 Å². The van der Waals surface area contributed by atoms with Crippen LogP contribution in [-0.2, 0) is 10.3 Å². The third-order valence-corrected chi connectivity index (χ3v) is 3.11. The van der Waals surface area contributed by atoms with E-state index >= 15 is 0 Å². The number of rotatable bonds is 2. The highest BCUT2D eigenvalue weighted by Crippen LogP contribution is 2.29. The lowest BCUT2D eigenvalue weighted by Crippen LogP contribution is -2.57. The summed E-state index contributed by atoms with van der Waals surface area (Å²) in [6.45, 7) is 1.82. The topological polar surface area (TPSA) is 21.3 Å². The Morgan fingerprint density at radius 3 is 2.31 bits per heavy atom. The first-order chi connectivity index (χ1) is 6.27. The Labute approximate surface area is 86.4 Å². The Morgan fingerprint density at radius 2 is 1.92 bits per heavy atom. The van der Waals surface area contributed by atoms with Crippen LogP contribution in [0.15, 0.2) is 28.7 Å². The molecule has 0 bridgehead atoms. The maximum absolute atomic E-state index is 5.52. The first-order valence-electron chi connectivity index (χ1n) is 4.29. The van der Waals surface area contributed by atoms with E-state index in [1.54, 1.807) is 7.11 Å². The van der Waals surface area contributed by atoms with E-state index in [9.17, 15) is 0 Å². The van der Waals surface area contributed by atoms with Gasteiger partial charge in [-0.3, -0.25) is 0 Å². The molecule has 2 nitrogen and oxygen atoms in total. The van der Waals surface area contributed by atoms with Crippen molar-refractivity contribution in [3.63, 3.8) is 0 Å². The summed E-state index contributed by atoms with van der Waals surface area (Å²) in [6, 6.07) is 8.31. The maximum Gasteiger partial charge on any atom is 0.117 e. The van der Waals surface area contributed by atoms with Crippen LogP contribution in [0.3, 0.4) is 0 Å². The molecule has 0 amide bonds. The van der Waals surface area contributed by atoms with E-state index in [2.05, 4.69) is 45.5 Å². The average molecular weight is 242 g/mol. The molecule has 0 atom stereocenters. The minimum atomic E-state index is -0.0826. The van der Waals surface area contributed by atoms with Crippen LogP contribution in [0, 0.1) is 0 Å². The van der Waals surface area contributed by atoms with E-state index in [1.165, 1.54) is 5.56 Å². The summed E-state index contributed by atoms with van der Waals surface area (Å²) >= 11 is 3.42. The summed E-state index contributed by atoms with van der Waals surface area (Å²) in [6.07, 6.45) is 0. The summed E-state index contributed by atoms with van der Waals surface area (Å²) in [5.41, 5.74) is 1.16. The third-order valence-electron chi connectivity index (χ3n) is 2.58.